The standard InChI is InChI=1S/C17H24N2O3/c1-3-13-4-6-14(7-5-13)10-18(2)16(20)12-19-9-8-15(11-19)17(21)22/h4-7,15H,3,8-12H2,1-2H3,(H,21,22). The number of rotatable bonds is 6. The maximum atomic E-state index is 12.2. The molecule has 1 fully saturated rings. The van der Waals surface area contributed by atoms with Crippen molar-refractivity contribution in [2.75, 3.05) is 26.7 Å². The highest BCUT2D eigenvalue weighted by molar-refractivity contribution is 5.78. The van der Waals surface area contributed by atoms with Gasteiger partial charge in [-0.25, -0.2) is 0 Å². The van der Waals surface area contributed by atoms with E-state index in [2.05, 4.69) is 31.2 Å². The van der Waals surface area contributed by atoms with Crippen molar-refractivity contribution in [3.8, 4) is 0 Å². The van der Waals surface area contributed by atoms with E-state index in [0.717, 1.165) is 12.0 Å². The van der Waals surface area contributed by atoms with Gasteiger partial charge in [-0.2, -0.15) is 0 Å². The van der Waals surface area contributed by atoms with Gasteiger partial charge in [-0.05, 0) is 30.5 Å². The van der Waals surface area contributed by atoms with Gasteiger partial charge in [0.25, 0.3) is 0 Å². The quantitative estimate of drug-likeness (QED) is 0.867. The van der Waals surface area contributed by atoms with E-state index in [-0.39, 0.29) is 11.8 Å². The van der Waals surface area contributed by atoms with Gasteiger partial charge in [-0.3, -0.25) is 14.5 Å². The van der Waals surface area contributed by atoms with Gasteiger partial charge < -0.3 is 10.0 Å². The van der Waals surface area contributed by atoms with Crippen molar-refractivity contribution in [1.82, 2.24) is 9.80 Å². The Labute approximate surface area is 131 Å². The highest BCUT2D eigenvalue weighted by atomic mass is 16.4. The second-order valence-electron chi connectivity index (χ2n) is 5.98. The van der Waals surface area contributed by atoms with Crippen LogP contribution in [0.15, 0.2) is 24.3 Å². The SMILES string of the molecule is CCc1ccc(CN(C)C(=O)CN2CCC(C(=O)O)C2)cc1. The predicted octanol–water partition coefficient (Wildman–Crippen LogP) is 1.61. The minimum absolute atomic E-state index is 0.0330. The number of carboxylic acids is 1. The molecule has 1 amide bonds. The maximum absolute atomic E-state index is 12.2. The first kappa shape index (κ1) is 16.5. The smallest absolute Gasteiger partial charge is 0.307 e. The Balaban J connectivity index is 1.83. The number of likely N-dealkylation sites (tertiary alicyclic amines) is 1. The molecular weight excluding hydrogens is 280 g/mol. The van der Waals surface area contributed by atoms with E-state index in [4.69, 9.17) is 5.11 Å². The summed E-state index contributed by atoms with van der Waals surface area (Å²) < 4.78 is 0. The molecule has 1 heterocycles. The molecular formula is C17H24N2O3. The summed E-state index contributed by atoms with van der Waals surface area (Å²) in [4.78, 5) is 26.8. The second-order valence-corrected chi connectivity index (χ2v) is 5.98. The summed E-state index contributed by atoms with van der Waals surface area (Å²) in [5, 5.41) is 8.99. The van der Waals surface area contributed by atoms with Gasteiger partial charge in [0.2, 0.25) is 5.91 Å². The van der Waals surface area contributed by atoms with Gasteiger partial charge in [0, 0.05) is 20.1 Å². The molecule has 120 valence electrons. The summed E-state index contributed by atoms with van der Waals surface area (Å²) in [7, 11) is 1.79. The number of aryl methyl sites for hydroxylation is 1. The lowest BCUT2D eigenvalue weighted by Gasteiger charge is -2.21. The summed E-state index contributed by atoms with van der Waals surface area (Å²) in [6.07, 6.45) is 1.64. The monoisotopic (exact) mass is 304 g/mol. The van der Waals surface area contributed by atoms with Crippen LogP contribution in [0, 0.1) is 5.92 Å². The highest BCUT2D eigenvalue weighted by Crippen LogP contribution is 2.16. The van der Waals surface area contributed by atoms with E-state index in [1.54, 1.807) is 11.9 Å². The first-order valence-electron chi connectivity index (χ1n) is 7.76. The van der Waals surface area contributed by atoms with Gasteiger partial charge in [0.05, 0.1) is 12.5 Å². The Morgan fingerprint density at radius 3 is 2.45 bits per heavy atom. The normalized spacial score (nSPS) is 18.4. The minimum Gasteiger partial charge on any atom is -0.481 e. The van der Waals surface area contributed by atoms with Crippen LogP contribution in [0.2, 0.25) is 0 Å². The number of amides is 1. The van der Waals surface area contributed by atoms with Crippen LogP contribution in [0.1, 0.15) is 24.5 Å². The molecule has 1 saturated heterocycles. The minimum atomic E-state index is -0.765. The molecule has 1 aliphatic rings. The van der Waals surface area contributed by atoms with Gasteiger partial charge in [-0.1, -0.05) is 31.2 Å². The largest absolute Gasteiger partial charge is 0.481 e. The Hall–Kier alpha value is -1.88. The molecule has 0 saturated carbocycles. The molecule has 0 aliphatic carbocycles. The van der Waals surface area contributed by atoms with Crippen molar-refractivity contribution in [2.45, 2.75) is 26.3 Å². The zero-order valence-corrected chi connectivity index (χ0v) is 13.3. The fraction of sp³-hybridized carbons (Fsp3) is 0.529. The van der Waals surface area contributed by atoms with Crippen molar-refractivity contribution in [1.29, 1.82) is 0 Å². The zero-order valence-electron chi connectivity index (χ0n) is 13.3. The predicted molar refractivity (Wildman–Crippen MR) is 84.5 cm³/mol. The van der Waals surface area contributed by atoms with E-state index < -0.39 is 5.97 Å². The Morgan fingerprint density at radius 2 is 1.91 bits per heavy atom. The second kappa shape index (κ2) is 7.40. The number of carboxylic acid groups (broad SMARTS) is 1. The summed E-state index contributed by atoms with van der Waals surface area (Å²) in [5.41, 5.74) is 2.40. The number of hydrogen-bond donors (Lipinski definition) is 1. The molecule has 1 aromatic rings. The molecule has 22 heavy (non-hydrogen) atoms. The van der Waals surface area contributed by atoms with Crippen molar-refractivity contribution >= 4 is 11.9 Å². The first-order valence-corrected chi connectivity index (χ1v) is 7.76. The molecule has 0 spiro atoms. The third-order valence-corrected chi connectivity index (χ3v) is 4.26. The highest BCUT2D eigenvalue weighted by Gasteiger charge is 2.29. The van der Waals surface area contributed by atoms with E-state index in [9.17, 15) is 9.59 Å². The molecule has 0 bridgehead atoms. The number of carbonyl (C=O) groups is 2. The molecule has 1 aliphatic heterocycles. The van der Waals surface area contributed by atoms with E-state index in [1.807, 2.05) is 4.90 Å². The molecule has 1 atom stereocenters. The molecule has 1 aromatic carbocycles. The van der Waals surface area contributed by atoms with Crippen molar-refractivity contribution in [3.63, 3.8) is 0 Å². The molecule has 0 radical (unpaired) electrons. The summed E-state index contributed by atoms with van der Waals surface area (Å²) in [6.45, 7) is 4.15. The van der Waals surface area contributed by atoms with Crippen molar-refractivity contribution in [3.05, 3.63) is 35.4 Å². The molecule has 0 aromatic heterocycles. The third kappa shape index (κ3) is 4.31. The number of benzene rings is 1. The number of carbonyl (C=O) groups excluding carboxylic acids is 1. The number of hydrogen-bond acceptors (Lipinski definition) is 3. The van der Waals surface area contributed by atoms with Gasteiger partial charge in [0.15, 0.2) is 0 Å². The Morgan fingerprint density at radius 1 is 1.27 bits per heavy atom. The number of nitrogens with zero attached hydrogens (tertiary/aromatic N) is 2. The van der Waals surface area contributed by atoms with Crippen LogP contribution in [0.3, 0.4) is 0 Å². The lowest BCUT2D eigenvalue weighted by Crippen LogP contribution is -2.37. The van der Waals surface area contributed by atoms with Crippen LogP contribution in [0.4, 0.5) is 0 Å². The third-order valence-electron chi connectivity index (χ3n) is 4.26. The summed E-state index contributed by atoms with van der Waals surface area (Å²) >= 11 is 0. The van der Waals surface area contributed by atoms with Gasteiger partial charge >= 0.3 is 5.97 Å². The fourth-order valence-electron chi connectivity index (χ4n) is 2.73. The van der Waals surface area contributed by atoms with Crippen LogP contribution in [-0.4, -0.2) is 53.5 Å². The zero-order chi connectivity index (χ0) is 16.1. The average molecular weight is 304 g/mol. The number of likely N-dealkylation sites (N-methyl/N-ethyl adjacent to an activating group) is 1. The van der Waals surface area contributed by atoms with Crippen molar-refractivity contribution in [2.24, 2.45) is 5.92 Å². The molecule has 5 heteroatoms. The molecule has 2 rings (SSSR count). The Bertz CT molecular complexity index is 527. The van der Waals surface area contributed by atoms with Crippen LogP contribution < -0.4 is 0 Å². The van der Waals surface area contributed by atoms with Crippen LogP contribution >= 0.6 is 0 Å². The topological polar surface area (TPSA) is 60.9 Å². The van der Waals surface area contributed by atoms with E-state index >= 15 is 0 Å². The number of aliphatic carboxylic acids is 1. The molecule has 1 unspecified atom stereocenters. The van der Waals surface area contributed by atoms with E-state index in [0.29, 0.717) is 32.6 Å². The van der Waals surface area contributed by atoms with Crippen LogP contribution in [0.25, 0.3) is 0 Å². The van der Waals surface area contributed by atoms with E-state index in [1.165, 1.54) is 5.56 Å². The average Bonchev–Trinajstić information content (AvgIpc) is 2.96. The fourth-order valence-corrected chi connectivity index (χ4v) is 2.73. The lowest BCUT2D eigenvalue weighted by molar-refractivity contribution is -0.141. The lowest BCUT2D eigenvalue weighted by atomic mass is 10.1. The van der Waals surface area contributed by atoms with Crippen LogP contribution in [0.5, 0.6) is 0 Å². The summed E-state index contributed by atoms with van der Waals surface area (Å²) in [5.74, 6) is -1.07. The molecule has 5 nitrogen and oxygen atoms in total. The molecule has 1 N–H and O–H groups in total. The summed E-state index contributed by atoms with van der Waals surface area (Å²) in [6, 6.07) is 8.29. The van der Waals surface area contributed by atoms with Crippen LogP contribution in [-0.2, 0) is 22.6 Å². The van der Waals surface area contributed by atoms with Crippen molar-refractivity contribution < 1.29 is 14.7 Å². The first-order chi connectivity index (χ1) is 10.5. The van der Waals surface area contributed by atoms with Gasteiger partial charge in [0.1, 0.15) is 0 Å². The maximum Gasteiger partial charge on any atom is 0.307 e. The Kier molecular flexibility index (Phi) is 5.55. The van der Waals surface area contributed by atoms with Gasteiger partial charge in [-0.15, -0.1) is 0 Å².